The Labute approximate surface area is 104 Å². The second-order valence-corrected chi connectivity index (χ2v) is 6.51. The van der Waals surface area contributed by atoms with Crippen molar-refractivity contribution in [1.29, 1.82) is 0 Å². The summed E-state index contributed by atoms with van der Waals surface area (Å²) in [6.07, 6.45) is 0. The molecule has 2 aromatic rings. The number of rotatable bonds is 1. The highest BCUT2D eigenvalue weighted by molar-refractivity contribution is 7.75. The minimum absolute atomic E-state index is 0.00924. The fourth-order valence-electron chi connectivity index (χ4n) is 2.39. The molecule has 0 saturated heterocycles. The van der Waals surface area contributed by atoms with Gasteiger partial charge < -0.3 is 14.7 Å². The molecular weight excluding hydrogens is 251 g/mol. The van der Waals surface area contributed by atoms with Crippen molar-refractivity contribution in [3.8, 4) is 22.6 Å². The molecular formula is C13H11O4P. The van der Waals surface area contributed by atoms with Crippen LogP contribution in [0.1, 0.15) is 0 Å². The molecule has 0 bridgehead atoms. The maximum atomic E-state index is 12.9. The van der Waals surface area contributed by atoms with Crippen LogP contribution >= 0.6 is 7.37 Å². The Morgan fingerprint density at radius 3 is 1.78 bits per heavy atom. The summed E-state index contributed by atoms with van der Waals surface area (Å²) in [5.41, 5.74) is 0.798. The quantitative estimate of drug-likeness (QED) is 0.771. The Bertz CT molecular complexity index is 638. The van der Waals surface area contributed by atoms with Crippen LogP contribution in [0, 0.1) is 0 Å². The van der Waals surface area contributed by atoms with E-state index in [1.54, 1.807) is 24.3 Å². The summed E-state index contributed by atoms with van der Waals surface area (Å²) in [7, 11) is -1.84. The number of phenols is 2. The van der Waals surface area contributed by atoms with Crippen LogP contribution in [0.25, 0.3) is 11.1 Å². The molecule has 0 unspecified atom stereocenters. The van der Waals surface area contributed by atoms with E-state index in [1.165, 1.54) is 19.2 Å². The zero-order valence-corrected chi connectivity index (χ0v) is 10.5. The number of phenolic OH excluding ortho intramolecular Hbond substituents is 2. The van der Waals surface area contributed by atoms with E-state index < -0.39 is 7.37 Å². The molecule has 0 atom stereocenters. The van der Waals surface area contributed by atoms with Crippen molar-refractivity contribution in [2.75, 3.05) is 7.11 Å². The topological polar surface area (TPSA) is 66.8 Å². The first-order valence-corrected chi connectivity index (χ1v) is 7.03. The molecule has 1 aliphatic heterocycles. The monoisotopic (exact) mass is 262 g/mol. The predicted molar refractivity (Wildman–Crippen MR) is 69.1 cm³/mol. The van der Waals surface area contributed by atoms with Crippen molar-refractivity contribution in [1.82, 2.24) is 0 Å². The first-order chi connectivity index (χ1) is 8.59. The molecule has 2 N–H and O–H groups in total. The smallest absolute Gasteiger partial charge is 0.262 e. The molecule has 0 radical (unpaired) electrons. The second-order valence-electron chi connectivity index (χ2n) is 4.08. The lowest BCUT2D eigenvalue weighted by molar-refractivity contribution is 0.412. The number of hydrogen-bond acceptors (Lipinski definition) is 4. The van der Waals surface area contributed by atoms with Crippen LogP contribution in [-0.4, -0.2) is 17.3 Å². The zero-order valence-electron chi connectivity index (χ0n) is 9.62. The summed E-state index contributed by atoms with van der Waals surface area (Å²) in [4.78, 5) is 0. The summed E-state index contributed by atoms with van der Waals surface area (Å²) in [6, 6.07) is 9.53. The summed E-state index contributed by atoms with van der Waals surface area (Å²) in [6.45, 7) is 0. The van der Waals surface area contributed by atoms with Gasteiger partial charge in [0.25, 0.3) is 7.37 Å². The van der Waals surface area contributed by atoms with Crippen LogP contribution < -0.4 is 10.6 Å². The summed E-state index contributed by atoms with van der Waals surface area (Å²) in [5.74, 6) is -0.0185. The SMILES string of the molecule is COP1(=O)c2cccc(O)c2-c2c(O)cccc21. The molecule has 5 heteroatoms. The molecule has 0 aromatic heterocycles. The zero-order chi connectivity index (χ0) is 12.9. The molecule has 92 valence electrons. The number of hydrogen-bond donors (Lipinski definition) is 2. The third-order valence-electron chi connectivity index (χ3n) is 3.18. The van der Waals surface area contributed by atoms with Gasteiger partial charge >= 0.3 is 0 Å². The predicted octanol–water partition coefficient (Wildman–Crippen LogP) is 1.95. The lowest BCUT2D eigenvalue weighted by Gasteiger charge is -2.11. The largest absolute Gasteiger partial charge is 0.507 e. The van der Waals surface area contributed by atoms with Crippen LogP contribution in [0.15, 0.2) is 36.4 Å². The molecule has 0 fully saturated rings. The normalized spacial score (nSPS) is 15.2. The van der Waals surface area contributed by atoms with Gasteiger partial charge in [-0.05, 0) is 24.3 Å². The second kappa shape index (κ2) is 3.61. The summed E-state index contributed by atoms with van der Waals surface area (Å²) < 4.78 is 18.1. The lowest BCUT2D eigenvalue weighted by Crippen LogP contribution is -2.10. The number of aromatic hydroxyl groups is 2. The van der Waals surface area contributed by atoms with Gasteiger partial charge in [0.2, 0.25) is 0 Å². The Morgan fingerprint density at radius 2 is 1.39 bits per heavy atom. The molecule has 0 spiro atoms. The van der Waals surface area contributed by atoms with Crippen molar-refractivity contribution in [2.24, 2.45) is 0 Å². The molecule has 1 aliphatic rings. The fraction of sp³-hybridized carbons (Fsp3) is 0.0769. The average molecular weight is 262 g/mol. The van der Waals surface area contributed by atoms with E-state index in [1.807, 2.05) is 0 Å². The third-order valence-corrected chi connectivity index (χ3v) is 5.71. The molecule has 0 amide bonds. The first-order valence-electron chi connectivity index (χ1n) is 5.41. The molecule has 2 aromatic carbocycles. The highest BCUT2D eigenvalue weighted by atomic mass is 31.2. The van der Waals surface area contributed by atoms with E-state index in [0.29, 0.717) is 21.7 Å². The van der Waals surface area contributed by atoms with Gasteiger partial charge in [0.05, 0.1) is 10.6 Å². The Kier molecular flexibility index (Phi) is 2.27. The Hall–Kier alpha value is -1.77. The van der Waals surface area contributed by atoms with E-state index in [4.69, 9.17) is 4.52 Å². The number of benzene rings is 2. The molecule has 0 aliphatic carbocycles. The van der Waals surface area contributed by atoms with Gasteiger partial charge in [0, 0.05) is 18.2 Å². The maximum Gasteiger partial charge on any atom is 0.262 e. The molecule has 1 heterocycles. The van der Waals surface area contributed by atoms with Gasteiger partial charge in [0.15, 0.2) is 0 Å². The van der Waals surface area contributed by atoms with Gasteiger partial charge in [0.1, 0.15) is 11.5 Å². The molecule has 3 rings (SSSR count). The third kappa shape index (κ3) is 1.22. The van der Waals surface area contributed by atoms with E-state index >= 15 is 0 Å². The van der Waals surface area contributed by atoms with E-state index in [0.717, 1.165) is 0 Å². The van der Waals surface area contributed by atoms with Crippen molar-refractivity contribution in [3.63, 3.8) is 0 Å². The van der Waals surface area contributed by atoms with Crippen LogP contribution in [0.4, 0.5) is 0 Å². The maximum absolute atomic E-state index is 12.9. The summed E-state index contributed by atoms with van der Waals surface area (Å²) in [5, 5.41) is 20.7. The van der Waals surface area contributed by atoms with E-state index in [2.05, 4.69) is 0 Å². The molecule has 0 saturated carbocycles. The van der Waals surface area contributed by atoms with Gasteiger partial charge in [-0.2, -0.15) is 0 Å². The van der Waals surface area contributed by atoms with E-state index in [-0.39, 0.29) is 11.5 Å². The van der Waals surface area contributed by atoms with Gasteiger partial charge in [-0.3, -0.25) is 4.57 Å². The van der Waals surface area contributed by atoms with Gasteiger partial charge in [-0.1, -0.05) is 12.1 Å². The number of fused-ring (bicyclic) bond motifs is 3. The van der Waals surface area contributed by atoms with Gasteiger partial charge in [-0.25, -0.2) is 0 Å². The molecule has 4 nitrogen and oxygen atoms in total. The van der Waals surface area contributed by atoms with Crippen molar-refractivity contribution >= 4 is 18.0 Å². The van der Waals surface area contributed by atoms with Crippen molar-refractivity contribution in [3.05, 3.63) is 36.4 Å². The highest BCUT2D eigenvalue weighted by Crippen LogP contribution is 2.56. The van der Waals surface area contributed by atoms with Crippen molar-refractivity contribution < 1.29 is 19.3 Å². The Morgan fingerprint density at radius 1 is 0.944 bits per heavy atom. The van der Waals surface area contributed by atoms with Crippen molar-refractivity contribution in [2.45, 2.75) is 0 Å². The molecule has 18 heavy (non-hydrogen) atoms. The summed E-state index contributed by atoms with van der Waals surface area (Å²) >= 11 is 0. The highest BCUT2D eigenvalue weighted by Gasteiger charge is 2.42. The standard InChI is InChI=1S/C13H11O4P/c1-17-18(16)10-6-2-4-8(14)12(10)13-9(15)5-3-7-11(13)18/h2-7,14-15H,1H3. The van der Waals surface area contributed by atoms with Gasteiger partial charge in [-0.15, -0.1) is 0 Å². The first kappa shape index (κ1) is 11.3. The van der Waals surface area contributed by atoms with Crippen LogP contribution in [0.2, 0.25) is 0 Å². The minimum atomic E-state index is -3.20. The van der Waals surface area contributed by atoms with Crippen LogP contribution in [-0.2, 0) is 9.09 Å². The fourth-order valence-corrected chi connectivity index (χ4v) is 4.64. The lowest BCUT2D eigenvalue weighted by atomic mass is 10.0. The average Bonchev–Trinajstić information content (AvgIpc) is 2.64. The Balaban J connectivity index is 2.51. The van der Waals surface area contributed by atoms with E-state index in [9.17, 15) is 14.8 Å². The van der Waals surface area contributed by atoms with Crippen LogP contribution in [0.5, 0.6) is 11.5 Å². The van der Waals surface area contributed by atoms with Crippen LogP contribution in [0.3, 0.4) is 0 Å². The minimum Gasteiger partial charge on any atom is -0.507 e.